The van der Waals surface area contributed by atoms with E-state index in [1.807, 2.05) is 16.8 Å². The fraction of sp³-hybridized carbons (Fsp3) is 0.167. The number of rotatable bonds is 3. The Morgan fingerprint density at radius 2 is 2.44 bits per heavy atom. The molecule has 1 N–H and O–H groups in total. The van der Waals surface area contributed by atoms with Crippen LogP contribution in [-0.4, -0.2) is 10.5 Å². The van der Waals surface area contributed by atoms with E-state index in [9.17, 15) is 4.79 Å². The second-order valence-electron chi connectivity index (χ2n) is 3.75. The summed E-state index contributed by atoms with van der Waals surface area (Å²) in [7, 11) is 1.78. The highest BCUT2D eigenvalue weighted by atomic mass is 79.9. The van der Waals surface area contributed by atoms with Crippen LogP contribution in [0.1, 0.15) is 22.1 Å². The third kappa shape index (κ3) is 2.63. The van der Waals surface area contributed by atoms with E-state index in [0.29, 0.717) is 5.69 Å². The molecule has 0 saturated heterocycles. The summed E-state index contributed by atoms with van der Waals surface area (Å²) in [4.78, 5) is 12.0. The topological polar surface area (TPSA) is 57.8 Å². The van der Waals surface area contributed by atoms with Crippen molar-refractivity contribution in [3.05, 3.63) is 44.8 Å². The van der Waals surface area contributed by atoms with Crippen molar-refractivity contribution in [1.82, 2.24) is 9.88 Å². The van der Waals surface area contributed by atoms with Gasteiger partial charge in [-0.3, -0.25) is 4.79 Å². The van der Waals surface area contributed by atoms with Crippen molar-refractivity contribution in [3.63, 3.8) is 0 Å². The smallest absolute Gasteiger partial charge is 0.269 e. The van der Waals surface area contributed by atoms with Gasteiger partial charge in [-0.25, -0.2) is 0 Å². The Balaban J connectivity index is 2.16. The van der Waals surface area contributed by atoms with Crippen molar-refractivity contribution in [2.24, 2.45) is 7.05 Å². The van der Waals surface area contributed by atoms with Crippen molar-refractivity contribution < 1.29 is 4.79 Å². The van der Waals surface area contributed by atoms with E-state index in [1.54, 1.807) is 23.9 Å². The van der Waals surface area contributed by atoms with E-state index in [1.165, 1.54) is 11.3 Å². The molecule has 0 radical (unpaired) electrons. The van der Waals surface area contributed by atoms with Crippen LogP contribution in [0.15, 0.2) is 33.6 Å². The summed E-state index contributed by atoms with van der Waals surface area (Å²) < 4.78 is 2.54. The van der Waals surface area contributed by atoms with Crippen LogP contribution in [0.25, 0.3) is 0 Å². The summed E-state index contributed by atoms with van der Waals surface area (Å²) in [5.74, 6) is -0.263. The predicted octanol–water partition coefficient (Wildman–Crippen LogP) is 2.84. The Hall–Kier alpha value is -1.58. The van der Waals surface area contributed by atoms with Gasteiger partial charge in [0.05, 0.1) is 6.07 Å². The number of aryl methyl sites for hydroxylation is 1. The lowest BCUT2D eigenvalue weighted by Gasteiger charge is -2.10. The standard InChI is InChI=1S/C12H10BrN3OS/c1-16-6-9(13)4-11(16)12(17)15-10(5-14)8-2-3-18-7-8/h2-4,6-7,10H,1H3,(H,15,17)/t10-/m0/s1. The van der Waals surface area contributed by atoms with E-state index in [2.05, 4.69) is 27.3 Å². The molecule has 1 atom stereocenters. The Bertz CT molecular complexity index is 597. The molecule has 2 aromatic rings. The monoisotopic (exact) mass is 323 g/mol. The van der Waals surface area contributed by atoms with Crippen LogP contribution in [0.5, 0.6) is 0 Å². The summed E-state index contributed by atoms with van der Waals surface area (Å²) in [5.41, 5.74) is 1.32. The van der Waals surface area contributed by atoms with Crippen molar-refractivity contribution in [2.75, 3.05) is 0 Å². The molecule has 0 saturated carbocycles. The molecule has 1 amide bonds. The molecule has 0 unspecified atom stereocenters. The van der Waals surface area contributed by atoms with E-state index >= 15 is 0 Å². The van der Waals surface area contributed by atoms with Crippen LogP contribution < -0.4 is 5.32 Å². The molecule has 0 spiro atoms. The molecule has 2 rings (SSSR count). The predicted molar refractivity (Wildman–Crippen MR) is 73.3 cm³/mol. The normalized spacial score (nSPS) is 11.8. The number of nitriles is 1. The fourth-order valence-corrected chi connectivity index (χ4v) is 2.79. The average molecular weight is 324 g/mol. The molecule has 0 aromatic carbocycles. The van der Waals surface area contributed by atoms with Gasteiger partial charge in [-0.2, -0.15) is 16.6 Å². The minimum absolute atomic E-state index is 0.263. The highest BCUT2D eigenvalue weighted by Crippen LogP contribution is 2.18. The Morgan fingerprint density at radius 1 is 1.67 bits per heavy atom. The number of halogens is 1. The number of nitrogens with zero attached hydrogens (tertiary/aromatic N) is 2. The average Bonchev–Trinajstić information content (AvgIpc) is 2.95. The maximum absolute atomic E-state index is 12.0. The maximum atomic E-state index is 12.0. The molecule has 6 heteroatoms. The molecule has 4 nitrogen and oxygen atoms in total. The van der Waals surface area contributed by atoms with Crippen LogP contribution in [-0.2, 0) is 7.05 Å². The number of amides is 1. The quantitative estimate of drug-likeness (QED) is 0.944. The number of carbonyl (C=O) groups is 1. The highest BCUT2D eigenvalue weighted by molar-refractivity contribution is 9.10. The number of hydrogen-bond acceptors (Lipinski definition) is 3. The van der Waals surface area contributed by atoms with Crippen molar-refractivity contribution in [1.29, 1.82) is 5.26 Å². The molecule has 0 bridgehead atoms. The molecule has 0 fully saturated rings. The molecule has 0 aliphatic heterocycles. The summed E-state index contributed by atoms with van der Waals surface area (Å²) in [5, 5.41) is 15.5. The minimum Gasteiger partial charge on any atom is -0.345 e. The van der Waals surface area contributed by atoms with Gasteiger partial charge in [-0.15, -0.1) is 0 Å². The van der Waals surface area contributed by atoms with Crippen LogP contribution in [0.4, 0.5) is 0 Å². The highest BCUT2D eigenvalue weighted by Gasteiger charge is 2.17. The first-order chi connectivity index (χ1) is 8.61. The van der Waals surface area contributed by atoms with Crippen molar-refractivity contribution in [3.8, 4) is 6.07 Å². The van der Waals surface area contributed by atoms with Gasteiger partial charge in [-0.1, -0.05) is 0 Å². The van der Waals surface area contributed by atoms with Gasteiger partial charge in [0.15, 0.2) is 0 Å². The van der Waals surface area contributed by atoms with Crippen LogP contribution in [0.3, 0.4) is 0 Å². The molecule has 0 aliphatic carbocycles. The van der Waals surface area contributed by atoms with Crippen molar-refractivity contribution in [2.45, 2.75) is 6.04 Å². The van der Waals surface area contributed by atoms with Crippen LogP contribution >= 0.6 is 27.3 Å². The van der Waals surface area contributed by atoms with E-state index in [4.69, 9.17) is 5.26 Å². The second-order valence-corrected chi connectivity index (χ2v) is 5.44. The van der Waals surface area contributed by atoms with Crippen LogP contribution in [0.2, 0.25) is 0 Å². The molecular formula is C12H10BrN3OS. The van der Waals surface area contributed by atoms with Gasteiger partial charge in [0.1, 0.15) is 11.7 Å². The zero-order valence-corrected chi connectivity index (χ0v) is 12.0. The van der Waals surface area contributed by atoms with Gasteiger partial charge < -0.3 is 9.88 Å². The maximum Gasteiger partial charge on any atom is 0.269 e. The lowest BCUT2D eigenvalue weighted by Crippen LogP contribution is -2.28. The van der Waals surface area contributed by atoms with Gasteiger partial charge in [0, 0.05) is 17.7 Å². The lowest BCUT2D eigenvalue weighted by atomic mass is 10.1. The van der Waals surface area contributed by atoms with Crippen LogP contribution in [0, 0.1) is 11.3 Å². The summed E-state index contributed by atoms with van der Waals surface area (Å²) in [6.45, 7) is 0. The van der Waals surface area contributed by atoms with Gasteiger partial charge in [0.2, 0.25) is 0 Å². The first-order valence-corrected chi connectivity index (χ1v) is 6.90. The lowest BCUT2D eigenvalue weighted by molar-refractivity contribution is 0.0937. The Morgan fingerprint density at radius 3 is 2.94 bits per heavy atom. The number of aromatic nitrogens is 1. The third-order valence-electron chi connectivity index (χ3n) is 2.49. The Kier molecular flexibility index (Phi) is 3.84. The molecule has 92 valence electrons. The summed E-state index contributed by atoms with van der Waals surface area (Å²) in [6, 6.07) is 5.02. The molecular weight excluding hydrogens is 314 g/mol. The number of carbonyl (C=O) groups excluding carboxylic acids is 1. The molecule has 18 heavy (non-hydrogen) atoms. The second kappa shape index (κ2) is 5.38. The third-order valence-corrected chi connectivity index (χ3v) is 3.62. The van der Waals surface area contributed by atoms with E-state index < -0.39 is 6.04 Å². The van der Waals surface area contributed by atoms with Gasteiger partial charge in [0.25, 0.3) is 5.91 Å². The summed E-state index contributed by atoms with van der Waals surface area (Å²) in [6.07, 6.45) is 1.79. The first kappa shape index (κ1) is 12.9. The van der Waals surface area contributed by atoms with Gasteiger partial charge >= 0.3 is 0 Å². The molecule has 2 heterocycles. The Labute approximate surface area is 117 Å². The van der Waals surface area contributed by atoms with E-state index in [0.717, 1.165) is 10.0 Å². The molecule has 0 aliphatic rings. The zero-order valence-electron chi connectivity index (χ0n) is 9.55. The fourth-order valence-electron chi connectivity index (χ4n) is 1.58. The number of hydrogen-bond donors (Lipinski definition) is 1. The number of nitrogens with one attached hydrogen (secondary N) is 1. The largest absolute Gasteiger partial charge is 0.345 e. The zero-order chi connectivity index (χ0) is 13.1. The molecule has 2 aromatic heterocycles. The van der Waals surface area contributed by atoms with Crippen molar-refractivity contribution >= 4 is 33.2 Å². The van der Waals surface area contributed by atoms with E-state index in [-0.39, 0.29) is 5.91 Å². The minimum atomic E-state index is -0.613. The SMILES string of the molecule is Cn1cc(Br)cc1C(=O)N[C@@H](C#N)c1ccsc1. The first-order valence-electron chi connectivity index (χ1n) is 5.16. The summed E-state index contributed by atoms with van der Waals surface area (Å²) >= 11 is 4.81. The van der Waals surface area contributed by atoms with Gasteiger partial charge in [-0.05, 0) is 44.4 Å². The number of thiophene rings is 1.